The molecule has 0 saturated heterocycles. The molecule has 5 nitrogen and oxygen atoms in total. The molecule has 0 spiro atoms. The number of carbonyl (C=O) groups is 1. The second-order valence-electron chi connectivity index (χ2n) is 11.4. The van der Waals surface area contributed by atoms with Crippen molar-refractivity contribution in [3.63, 3.8) is 0 Å². The molecule has 6 heteroatoms. The highest BCUT2D eigenvalue weighted by atomic mass is 32.1. The number of aliphatic carboxylic acids is 1. The van der Waals surface area contributed by atoms with Gasteiger partial charge in [0.15, 0.2) is 0 Å². The number of thiophene rings is 1. The summed E-state index contributed by atoms with van der Waals surface area (Å²) in [7, 11) is 0. The molecule has 0 aliphatic carbocycles. The molecule has 232 valence electrons. The van der Waals surface area contributed by atoms with Crippen LogP contribution in [0.1, 0.15) is 22.9 Å². The van der Waals surface area contributed by atoms with Crippen molar-refractivity contribution in [3.8, 4) is 16.5 Å². The molecule has 2 aromatic heterocycles. The predicted octanol–water partition coefficient (Wildman–Crippen LogP) is 11.2. The van der Waals surface area contributed by atoms with E-state index in [4.69, 9.17) is 0 Å². The van der Waals surface area contributed by atoms with E-state index in [0.29, 0.717) is 5.56 Å². The molecular formula is C42H31N3O2S. The highest BCUT2D eigenvalue weighted by Crippen LogP contribution is 2.37. The molecule has 0 unspecified atom stereocenters. The predicted molar refractivity (Wildman–Crippen MR) is 200 cm³/mol. The molecule has 0 aliphatic rings. The van der Waals surface area contributed by atoms with Gasteiger partial charge in [-0.25, -0.2) is 4.79 Å². The van der Waals surface area contributed by atoms with Crippen LogP contribution in [0.15, 0.2) is 139 Å². The lowest BCUT2D eigenvalue weighted by Crippen LogP contribution is -2.09. The summed E-state index contributed by atoms with van der Waals surface area (Å²) in [4.78, 5) is 16.0. The van der Waals surface area contributed by atoms with Crippen LogP contribution >= 0.6 is 11.3 Å². The van der Waals surface area contributed by atoms with Crippen molar-refractivity contribution in [2.45, 2.75) is 13.5 Å². The van der Waals surface area contributed by atoms with Crippen molar-refractivity contribution in [1.29, 1.82) is 5.26 Å². The number of benzene rings is 5. The number of hydrogen-bond donors (Lipinski definition) is 1. The molecule has 7 rings (SSSR count). The van der Waals surface area contributed by atoms with E-state index in [1.807, 2.05) is 30.3 Å². The SMILES string of the molecule is CCn1c2ccc(C=Cc3ccc(-c4ccc(N(c5ccccc5)c5ccccc5)cc4)s3)cc2c2cc(C=C(C#N)C(=O)O)ccc21. The van der Waals surface area contributed by atoms with Crippen LogP contribution in [0.4, 0.5) is 17.1 Å². The fourth-order valence-electron chi connectivity index (χ4n) is 6.13. The number of para-hydroxylation sites is 2. The van der Waals surface area contributed by atoms with E-state index in [0.717, 1.165) is 55.9 Å². The molecule has 0 saturated carbocycles. The van der Waals surface area contributed by atoms with Gasteiger partial charge in [0.05, 0.1) is 0 Å². The van der Waals surface area contributed by atoms with Crippen LogP contribution in [0.3, 0.4) is 0 Å². The maximum absolute atomic E-state index is 11.4. The standard InChI is InChI=1S/C42H31N3O2S/c1-2-44-39-22-14-29(26-37(39)38-27-30(15-23-40(38)44)25-32(28-43)42(46)47)13-20-36-21-24-41(48-36)31-16-18-35(19-17-31)45(33-9-5-3-6-10-33)34-11-7-4-8-12-34/h3-27H,2H2,1H3,(H,46,47). The summed E-state index contributed by atoms with van der Waals surface area (Å²) < 4.78 is 2.25. The van der Waals surface area contributed by atoms with Crippen LogP contribution in [0.2, 0.25) is 0 Å². The lowest BCUT2D eigenvalue weighted by Gasteiger charge is -2.25. The average Bonchev–Trinajstić information content (AvgIpc) is 3.73. The Kier molecular flexibility index (Phi) is 8.44. The Bertz CT molecular complexity index is 2320. The van der Waals surface area contributed by atoms with Gasteiger partial charge >= 0.3 is 5.97 Å². The first-order valence-electron chi connectivity index (χ1n) is 15.7. The topological polar surface area (TPSA) is 69.3 Å². The van der Waals surface area contributed by atoms with Gasteiger partial charge in [0.2, 0.25) is 0 Å². The molecule has 2 heterocycles. The molecule has 7 aromatic rings. The second-order valence-corrected chi connectivity index (χ2v) is 12.5. The minimum atomic E-state index is -1.23. The summed E-state index contributed by atoms with van der Waals surface area (Å²) in [6, 6.07) is 47.9. The number of carboxylic acid groups (broad SMARTS) is 1. The number of nitriles is 1. The fourth-order valence-corrected chi connectivity index (χ4v) is 7.05. The van der Waals surface area contributed by atoms with E-state index in [1.165, 1.54) is 16.5 Å². The molecule has 0 bridgehead atoms. The van der Waals surface area contributed by atoms with Crippen molar-refractivity contribution >= 4 is 74.4 Å². The third kappa shape index (κ3) is 6.03. The summed E-state index contributed by atoms with van der Waals surface area (Å²) in [5, 5.41) is 20.7. The van der Waals surface area contributed by atoms with E-state index in [2.05, 4.69) is 132 Å². The van der Waals surface area contributed by atoms with Gasteiger partial charge in [-0.05, 0) is 109 Å². The van der Waals surface area contributed by atoms with Crippen molar-refractivity contribution in [2.75, 3.05) is 4.90 Å². The maximum atomic E-state index is 11.4. The largest absolute Gasteiger partial charge is 0.477 e. The number of aromatic nitrogens is 1. The molecule has 1 N–H and O–H groups in total. The average molecular weight is 642 g/mol. The van der Waals surface area contributed by atoms with Gasteiger partial charge in [0.25, 0.3) is 0 Å². The number of rotatable bonds is 9. The van der Waals surface area contributed by atoms with E-state index in [-0.39, 0.29) is 5.57 Å². The van der Waals surface area contributed by atoms with Gasteiger partial charge < -0.3 is 14.6 Å². The summed E-state index contributed by atoms with van der Waals surface area (Å²) in [6.07, 6.45) is 5.70. The molecular weight excluding hydrogens is 611 g/mol. The van der Waals surface area contributed by atoms with Gasteiger partial charge in [0.1, 0.15) is 11.6 Å². The number of anilines is 3. The summed E-state index contributed by atoms with van der Waals surface area (Å²) in [6.45, 7) is 2.92. The monoisotopic (exact) mass is 641 g/mol. The maximum Gasteiger partial charge on any atom is 0.346 e. The molecule has 0 radical (unpaired) electrons. The normalized spacial score (nSPS) is 11.7. The van der Waals surface area contributed by atoms with Crippen LogP contribution in [-0.4, -0.2) is 15.6 Å². The molecule has 48 heavy (non-hydrogen) atoms. The molecule has 0 atom stereocenters. The second kappa shape index (κ2) is 13.3. The van der Waals surface area contributed by atoms with E-state index >= 15 is 0 Å². The quantitative estimate of drug-likeness (QED) is 0.126. The molecule has 0 aliphatic heterocycles. The van der Waals surface area contributed by atoms with Crippen LogP contribution < -0.4 is 4.90 Å². The zero-order valence-electron chi connectivity index (χ0n) is 26.2. The van der Waals surface area contributed by atoms with Crippen molar-refractivity contribution < 1.29 is 9.90 Å². The van der Waals surface area contributed by atoms with Gasteiger partial charge in [-0.15, -0.1) is 11.3 Å². The zero-order chi connectivity index (χ0) is 33.0. The van der Waals surface area contributed by atoms with Crippen molar-refractivity contribution in [1.82, 2.24) is 4.57 Å². The van der Waals surface area contributed by atoms with Gasteiger partial charge in [0, 0.05) is 55.2 Å². The first-order chi connectivity index (χ1) is 23.5. The lowest BCUT2D eigenvalue weighted by atomic mass is 10.1. The van der Waals surface area contributed by atoms with E-state index in [1.54, 1.807) is 17.4 Å². The Labute approximate surface area is 283 Å². The van der Waals surface area contributed by atoms with E-state index in [9.17, 15) is 15.2 Å². The van der Waals surface area contributed by atoms with Crippen molar-refractivity contribution in [2.24, 2.45) is 0 Å². The van der Waals surface area contributed by atoms with Crippen LogP contribution in [0, 0.1) is 11.3 Å². The third-order valence-electron chi connectivity index (χ3n) is 8.40. The molecule has 0 amide bonds. The summed E-state index contributed by atoms with van der Waals surface area (Å²) in [5.41, 5.74) is 8.15. The third-order valence-corrected chi connectivity index (χ3v) is 9.50. The summed E-state index contributed by atoms with van der Waals surface area (Å²) >= 11 is 1.75. The number of nitrogens with zero attached hydrogens (tertiary/aromatic N) is 3. The van der Waals surface area contributed by atoms with Crippen molar-refractivity contribution in [3.05, 3.63) is 155 Å². The van der Waals surface area contributed by atoms with Crippen LogP contribution in [-0.2, 0) is 11.3 Å². The number of hydrogen-bond acceptors (Lipinski definition) is 4. The van der Waals surface area contributed by atoms with E-state index < -0.39 is 5.97 Å². The number of fused-ring (bicyclic) bond motifs is 3. The van der Waals surface area contributed by atoms with Crippen LogP contribution in [0.5, 0.6) is 0 Å². The first-order valence-corrected chi connectivity index (χ1v) is 16.5. The Morgan fingerprint density at radius 3 is 1.92 bits per heavy atom. The smallest absolute Gasteiger partial charge is 0.346 e. The highest BCUT2D eigenvalue weighted by Gasteiger charge is 2.14. The first kappa shape index (κ1) is 30.5. The minimum Gasteiger partial charge on any atom is -0.477 e. The van der Waals surface area contributed by atoms with Crippen LogP contribution in [0.25, 0.3) is 50.5 Å². The van der Waals surface area contributed by atoms with Gasteiger partial charge in [-0.2, -0.15) is 5.26 Å². The highest BCUT2D eigenvalue weighted by molar-refractivity contribution is 7.16. The molecule has 5 aromatic carbocycles. The lowest BCUT2D eigenvalue weighted by molar-refractivity contribution is -0.132. The van der Waals surface area contributed by atoms with Gasteiger partial charge in [-0.1, -0.05) is 66.7 Å². The Morgan fingerprint density at radius 1 is 0.750 bits per heavy atom. The fraction of sp³-hybridized carbons (Fsp3) is 0.0476. The zero-order valence-corrected chi connectivity index (χ0v) is 27.1. The Balaban J connectivity index is 1.15. The Hall–Kier alpha value is -6.16. The summed E-state index contributed by atoms with van der Waals surface area (Å²) in [5.74, 6) is -1.23. The van der Waals surface area contributed by atoms with Gasteiger partial charge in [-0.3, -0.25) is 0 Å². The minimum absolute atomic E-state index is 0.287. The molecule has 0 fully saturated rings. The Morgan fingerprint density at radius 2 is 1.33 bits per heavy atom. The number of aryl methyl sites for hydroxylation is 1. The number of carboxylic acids is 1.